The van der Waals surface area contributed by atoms with Crippen molar-refractivity contribution in [2.75, 3.05) is 5.73 Å². The van der Waals surface area contributed by atoms with Crippen LogP contribution in [0, 0.1) is 5.41 Å². The summed E-state index contributed by atoms with van der Waals surface area (Å²) in [5.41, 5.74) is 8.69. The topological polar surface area (TPSA) is 62.8 Å². The van der Waals surface area contributed by atoms with Crippen molar-refractivity contribution in [1.29, 1.82) is 5.41 Å². The number of pyridine rings is 1. The molecule has 19 heavy (non-hydrogen) atoms. The Bertz CT molecular complexity index is 631. The van der Waals surface area contributed by atoms with Crippen LogP contribution >= 0.6 is 23.2 Å². The normalized spacial score (nSPS) is 10.8. The number of nitrogens with two attached hydrogens (primary N) is 1. The van der Waals surface area contributed by atoms with E-state index in [2.05, 4.69) is 4.98 Å². The Hall–Kier alpha value is -1.84. The summed E-state index contributed by atoms with van der Waals surface area (Å²) in [5, 5.41) is 8.17. The van der Waals surface area contributed by atoms with Gasteiger partial charge in [0.2, 0.25) is 0 Å². The highest BCUT2D eigenvalue weighted by Crippen LogP contribution is 2.25. The molecule has 96 valence electrons. The van der Waals surface area contributed by atoms with Gasteiger partial charge in [-0.05, 0) is 11.6 Å². The molecule has 2 rings (SSSR count). The first-order valence-corrected chi connectivity index (χ1v) is 6.24. The van der Waals surface area contributed by atoms with E-state index in [9.17, 15) is 0 Å². The molecule has 0 atom stereocenters. The van der Waals surface area contributed by atoms with Crippen molar-refractivity contribution in [3.05, 3.63) is 57.3 Å². The highest BCUT2D eigenvalue weighted by atomic mass is 35.5. The van der Waals surface area contributed by atoms with Crippen LogP contribution in [0.5, 0.6) is 0 Å². The number of nitrogen functional groups attached to an aromatic ring is 1. The quantitative estimate of drug-likeness (QED) is 0.659. The van der Waals surface area contributed by atoms with Gasteiger partial charge < -0.3 is 11.1 Å². The van der Waals surface area contributed by atoms with E-state index in [-0.39, 0.29) is 0 Å². The minimum Gasteiger partial charge on any atom is -0.398 e. The lowest BCUT2D eigenvalue weighted by Gasteiger charge is -2.02. The molecular formula is C14H11Cl2N3. The Kier molecular flexibility index (Phi) is 4.20. The van der Waals surface area contributed by atoms with Crippen LogP contribution in [0.1, 0.15) is 16.7 Å². The van der Waals surface area contributed by atoms with Crippen molar-refractivity contribution in [1.82, 2.24) is 4.98 Å². The van der Waals surface area contributed by atoms with Gasteiger partial charge in [-0.25, -0.2) is 0 Å². The fourth-order valence-corrected chi connectivity index (χ4v) is 2.08. The molecule has 3 nitrogen and oxygen atoms in total. The molecule has 1 heterocycles. The first-order valence-electron chi connectivity index (χ1n) is 5.49. The molecule has 0 unspecified atom stereocenters. The number of aromatic nitrogens is 1. The molecule has 0 saturated heterocycles. The highest BCUT2D eigenvalue weighted by molar-refractivity contribution is 6.37. The molecule has 3 N–H and O–H groups in total. The van der Waals surface area contributed by atoms with Crippen LogP contribution in [-0.2, 0) is 0 Å². The number of rotatable bonds is 3. The molecule has 0 bridgehead atoms. The third-order valence-electron chi connectivity index (χ3n) is 2.60. The monoisotopic (exact) mass is 291 g/mol. The molecule has 0 aliphatic rings. The number of halogens is 2. The van der Waals surface area contributed by atoms with Crippen molar-refractivity contribution < 1.29 is 0 Å². The minimum absolute atomic E-state index is 0.493. The average molecular weight is 292 g/mol. The smallest absolute Gasteiger partial charge is 0.0676 e. The van der Waals surface area contributed by atoms with E-state index in [0.717, 1.165) is 5.56 Å². The number of anilines is 1. The third kappa shape index (κ3) is 3.13. The van der Waals surface area contributed by atoms with E-state index in [0.29, 0.717) is 26.9 Å². The Balaban J connectivity index is 2.33. The first-order chi connectivity index (χ1) is 9.11. The maximum absolute atomic E-state index is 7.18. The molecule has 1 aromatic carbocycles. The van der Waals surface area contributed by atoms with E-state index < -0.39 is 0 Å². The summed E-state index contributed by atoms with van der Waals surface area (Å²) in [6, 6.07) is 5.45. The van der Waals surface area contributed by atoms with E-state index in [1.54, 1.807) is 24.5 Å². The van der Waals surface area contributed by atoms with Gasteiger partial charge in [0.1, 0.15) is 0 Å². The summed E-state index contributed by atoms with van der Waals surface area (Å²) in [6.45, 7) is 0. The second-order valence-electron chi connectivity index (χ2n) is 3.88. The molecule has 0 spiro atoms. The molecule has 0 saturated carbocycles. The summed E-state index contributed by atoms with van der Waals surface area (Å²) in [7, 11) is 0. The largest absolute Gasteiger partial charge is 0.398 e. The number of hydrogen-bond acceptors (Lipinski definition) is 3. The molecule has 0 aliphatic carbocycles. The molecule has 5 heteroatoms. The van der Waals surface area contributed by atoms with Crippen molar-refractivity contribution in [2.24, 2.45) is 0 Å². The van der Waals surface area contributed by atoms with Crippen LogP contribution in [0.3, 0.4) is 0 Å². The van der Waals surface area contributed by atoms with Gasteiger partial charge in [0.25, 0.3) is 0 Å². The molecule has 0 fully saturated rings. The standard InChI is InChI=1S/C14H11Cl2N3/c15-12-7-19-8-13(16)11(12)4-2-9-1-3-10(6-17)14(18)5-9/h1-8,17H,18H2/b4-2+,17-6?. The molecule has 2 aromatic rings. The van der Waals surface area contributed by atoms with Crippen molar-refractivity contribution in [3.63, 3.8) is 0 Å². The van der Waals surface area contributed by atoms with Gasteiger partial charge in [-0.3, -0.25) is 4.98 Å². The Morgan fingerprint density at radius 1 is 1.11 bits per heavy atom. The van der Waals surface area contributed by atoms with E-state index in [4.69, 9.17) is 34.3 Å². The van der Waals surface area contributed by atoms with Gasteiger partial charge in [-0.15, -0.1) is 0 Å². The maximum Gasteiger partial charge on any atom is 0.0676 e. The molecule has 0 aliphatic heterocycles. The van der Waals surface area contributed by atoms with Gasteiger partial charge in [0, 0.05) is 35.4 Å². The highest BCUT2D eigenvalue weighted by Gasteiger charge is 2.02. The lowest BCUT2D eigenvalue weighted by Crippen LogP contribution is -1.92. The summed E-state index contributed by atoms with van der Waals surface area (Å²) in [6.07, 6.45) is 7.97. The summed E-state index contributed by atoms with van der Waals surface area (Å²) >= 11 is 12.0. The third-order valence-corrected chi connectivity index (χ3v) is 3.20. The molecule has 1 aromatic heterocycles. The van der Waals surface area contributed by atoms with E-state index in [1.165, 1.54) is 6.21 Å². The van der Waals surface area contributed by atoms with Crippen LogP contribution < -0.4 is 5.73 Å². The SMILES string of the molecule is N=Cc1ccc(/C=C/c2c(Cl)cncc2Cl)cc1N. The predicted molar refractivity (Wildman–Crippen MR) is 81.9 cm³/mol. The van der Waals surface area contributed by atoms with Gasteiger partial charge in [-0.2, -0.15) is 0 Å². The number of nitrogens with zero attached hydrogens (tertiary/aromatic N) is 1. The zero-order valence-electron chi connectivity index (χ0n) is 9.90. The van der Waals surface area contributed by atoms with Gasteiger partial charge in [0.15, 0.2) is 0 Å². The maximum atomic E-state index is 7.18. The minimum atomic E-state index is 0.493. The number of hydrogen-bond donors (Lipinski definition) is 2. The molecular weight excluding hydrogens is 281 g/mol. The van der Waals surface area contributed by atoms with E-state index >= 15 is 0 Å². The van der Waals surface area contributed by atoms with Crippen molar-refractivity contribution in [3.8, 4) is 0 Å². The van der Waals surface area contributed by atoms with Crippen LogP contribution in [0.2, 0.25) is 10.0 Å². The average Bonchev–Trinajstić information content (AvgIpc) is 2.38. The predicted octanol–water partition coefficient (Wildman–Crippen LogP) is 4.14. The summed E-state index contributed by atoms with van der Waals surface area (Å²) < 4.78 is 0. The zero-order chi connectivity index (χ0) is 13.8. The van der Waals surface area contributed by atoms with Crippen molar-refractivity contribution >= 4 is 47.3 Å². The fourth-order valence-electron chi connectivity index (χ4n) is 1.59. The summed E-state index contributed by atoms with van der Waals surface area (Å²) in [5.74, 6) is 0. The second kappa shape index (κ2) is 5.87. The number of nitrogens with one attached hydrogen (secondary N) is 1. The Morgan fingerprint density at radius 2 is 1.79 bits per heavy atom. The van der Waals surface area contributed by atoms with Gasteiger partial charge in [-0.1, -0.05) is 47.5 Å². The molecule has 0 radical (unpaired) electrons. The van der Waals surface area contributed by atoms with Crippen LogP contribution in [0.4, 0.5) is 5.69 Å². The zero-order valence-corrected chi connectivity index (χ0v) is 11.4. The molecule has 0 amide bonds. The van der Waals surface area contributed by atoms with Crippen LogP contribution in [0.15, 0.2) is 30.6 Å². The van der Waals surface area contributed by atoms with E-state index in [1.807, 2.05) is 18.2 Å². The fraction of sp³-hybridized carbons (Fsp3) is 0. The Labute approximate surface area is 121 Å². The van der Waals surface area contributed by atoms with Crippen molar-refractivity contribution in [2.45, 2.75) is 0 Å². The Morgan fingerprint density at radius 3 is 2.37 bits per heavy atom. The number of benzene rings is 1. The summed E-state index contributed by atoms with van der Waals surface area (Å²) in [4.78, 5) is 3.89. The first kappa shape index (κ1) is 13.6. The lowest BCUT2D eigenvalue weighted by atomic mass is 10.1. The van der Waals surface area contributed by atoms with Crippen LogP contribution in [0.25, 0.3) is 12.2 Å². The van der Waals surface area contributed by atoms with Gasteiger partial charge >= 0.3 is 0 Å². The van der Waals surface area contributed by atoms with Gasteiger partial charge in [0.05, 0.1) is 10.0 Å². The lowest BCUT2D eigenvalue weighted by molar-refractivity contribution is 1.32. The van der Waals surface area contributed by atoms with Crippen LogP contribution in [-0.4, -0.2) is 11.2 Å². The second-order valence-corrected chi connectivity index (χ2v) is 4.70.